The lowest BCUT2D eigenvalue weighted by Crippen LogP contribution is -2.52. The second-order valence-electron chi connectivity index (χ2n) is 7.54. The molecule has 0 saturated carbocycles. The maximum absolute atomic E-state index is 14.1. The van der Waals surface area contributed by atoms with Crippen LogP contribution in [0.1, 0.15) is 33.4 Å². The van der Waals surface area contributed by atoms with Crippen molar-refractivity contribution in [3.63, 3.8) is 0 Å². The van der Waals surface area contributed by atoms with Gasteiger partial charge in [-0.3, -0.25) is 14.5 Å². The van der Waals surface area contributed by atoms with E-state index in [0.29, 0.717) is 0 Å². The highest BCUT2D eigenvalue weighted by molar-refractivity contribution is 7.14. The zero-order chi connectivity index (χ0) is 22.7. The fraction of sp³-hybridized carbons (Fsp3) is 0.350. The van der Waals surface area contributed by atoms with Crippen molar-refractivity contribution >= 4 is 40.0 Å². The Hall–Kier alpha value is -2.75. The topological polar surface area (TPSA) is 62.3 Å². The van der Waals surface area contributed by atoms with Gasteiger partial charge in [0.1, 0.15) is 11.9 Å². The number of thiazole rings is 1. The van der Waals surface area contributed by atoms with Gasteiger partial charge in [-0.05, 0) is 23.6 Å². The van der Waals surface area contributed by atoms with Crippen LogP contribution in [0.15, 0.2) is 35.7 Å². The molecule has 0 bridgehead atoms. The first-order valence-corrected chi connectivity index (χ1v) is 9.74. The van der Waals surface area contributed by atoms with Gasteiger partial charge in [0.25, 0.3) is 0 Å². The minimum absolute atomic E-state index is 0.0193. The number of carbonyl (C=O) groups excluding carboxylic acids is 2. The van der Waals surface area contributed by atoms with Crippen LogP contribution in [-0.4, -0.2) is 29.0 Å². The van der Waals surface area contributed by atoms with Crippen LogP contribution in [0.25, 0.3) is 6.08 Å². The summed E-state index contributed by atoms with van der Waals surface area (Å²) < 4.78 is 53.6. The van der Waals surface area contributed by atoms with E-state index in [1.807, 2.05) is 5.32 Å². The number of carbonyl (C=O) groups is 2. The van der Waals surface area contributed by atoms with Gasteiger partial charge in [-0.2, -0.15) is 13.2 Å². The molecule has 0 fully saturated rings. The molecule has 2 aromatic rings. The quantitative estimate of drug-likeness (QED) is 0.518. The Bertz CT molecular complexity index is 934. The third-order valence-electron chi connectivity index (χ3n) is 3.99. The number of aromatic nitrogens is 1. The maximum Gasteiger partial charge on any atom is 0.409 e. The molecule has 0 aliphatic carbocycles. The van der Waals surface area contributed by atoms with Crippen LogP contribution in [0.4, 0.5) is 28.4 Å². The van der Waals surface area contributed by atoms with Crippen LogP contribution < -0.4 is 10.2 Å². The molecule has 0 saturated heterocycles. The predicted octanol–water partition coefficient (Wildman–Crippen LogP) is 5.07. The number of nitrogens with zero attached hydrogens (tertiary/aromatic N) is 2. The van der Waals surface area contributed by atoms with Crippen LogP contribution >= 0.6 is 11.3 Å². The van der Waals surface area contributed by atoms with Crippen LogP contribution in [-0.2, 0) is 9.59 Å². The average Bonchev–Trinajstić information content (AvgIpc) is 3.06. The van der Waals surface area contributed by atoms with Crippen molar-refractivity contribution in [2.75, 3.05) is 4.90 Å². The molecule has 1 aromatic carbocycles. The molecule has 0 aliphatic heterocycles. The molecule has 1 aromatic heterocycles. The van der Waals surface area contributed by atoms with Crippen molar-refractivity contribution < 1.29 is 27.2 Å². The zero-order valence-electron chi connectivity index (χ0n) is 16.7. The largest absolute Gasteiger partial charge is 0.409 e. The summed E-state index contributed by atoms with van der Waals surface area (Å²) in [6.45, 7) is 5.38. The third-order valence-corrected chi connectivity index (χ3v) is 4.84. The van der Waals surface area contributed by atoms with Crippen LogP contribution in [0.3, 0.4) is 0 Å². The monoisotopic (exact) mass is 443 g/mol. The average molecular weight is 443 g/mol. The molecule has 0 radical (unpaired) electrons. The number of halogens is 4. The fourth-order valence-electron chi connectivity index (χ4n) is 2.64. The van der Waals surface area contributed by atoms with Crippen LogP contribution in [0, 0.1) is 11.2 Å². The van der Waals surface area contributed by atoms with E-state index in [9.17, 15) is 27.2 Å². The molecule has 1 atom stereocenters. The predicted molar refractivity (Wildman–Crippen MR) is 108 cm³/mol. The van der Waals surface area contributed by atoms with Gasteiger partial charge in [0, 0.05) is 18.4 Å². The molecule has 30 heavy (non-hydrogen) atoms. The van der Waals surface area contributed by atoms with Crippen LogP contribution in [0.2, 0.25) is 0 Å². The Balaban J connectivity index is 2.20. The lowest BCUT2D eigenvalue weighted by molar-refractivity contribution is -0.179. The summed E-state index contributed by atoms with van der Waals surface area (Å²) >= 11 is 1.03. The van der Waals surface area contributed by atoms with E-state index in [-0.39, 0.29) is 16.5 Å². The first kappa shape index (κ1) is 23.5. The molecule has 1 N–H and O–H groups in total. The molecule has 1 heterocycles. The van der Waals surface area contributed by atoms with Crippen molar-refractivity contribution in [3.05, 3.63) is 47.2 Å². The summed E-state index contributed by atoms with van der Waals surface area (Å²) in [4.78, 5) is 29.3. The second kappa shape index (κ2) is 8.95. The first-order chi connectivity index (χ1) is 13.8. The van der Waals surface area contributed by atoms with Crippen molar-refractivity contribution in [2.24, 2.45) is 5.41 Å². The highest BCUT2D eigenvalue weighted by Crippen LogP contribution is 2.33. The van der Waals surface area contributed by atoms with Gasteiger partial charge in [0.15, 0.2) is 5.13 Å². The number of anilines is 2. The van der Waals surface area contributed by atoms with Gasteiger partial charge in [-0.1, -0.05) is 32.9 Å². The first-order valence-electron chi connectivity index (χ1n) is 8.86. The van der Waals surface area contributed by atoms with E-state index in [4.69, 9.17) is 0 Å². The minimum Gasteiger partial charge on any atom is -0.340 e. The van der Waals surface area contributed by atoms with E-state index >= 15 is 0 Å². The van der Waals surface area contributed by atoms with E-state index in [1.54, 1.807) is 6.07 Å². The number of rotatable bonds is 5. The summed E-state index contributed by atoms with van der Waals surface area (Å²) in [5.74, 6) is -2.01. The van der Waals surface area contributed by atoms with Gasteiger partial charge < -0.3 is 5.32 Å². The van der Waals surface area contributed by atoms with E-state index in [1.165, 1.54) is 57.4 Å². The highest BCUT2D eigenvalue weighted by Gasteiger charge is 2.47. The van der Waals surface area contributed by atoms with Gasteiger partial charge in [-0.15, -0.1) is 11.3 Å². The highest BCUT2D eigenvalue weighted by atomic mass is 32.1. The van der Waals surface area contributed by atoms with Gasteiger partial charge in [0.05, 0.1) is 11.4 Å². The molecule has 162 valence electrons. The zero-order valence-corrected chi connectivity index (χ0v) is 17.6. The van der Waals surface area contributed by atoms with E-state index in [0.717, 1.165) is 22.3 Å². The van der Waals surface area contributed by atoms with E-state index in [2.05, 4.69) is 4.98 Å². The third kappa shape index (κ3) is 5.88. The van der Waals surface area contributed by atoms with Gasteiger partial charge in [0.2, 0.25) is 11.8 Å². The lowest BCUT2D eigenvalue weighted by atomic mass is 9.86. The normalized spacial score (nSPS) is 13.3. The molecule has 5 nitrogen and oxygen atoms in total. The lowest BCUT2D eigenvalue weighted by Gasteiger charge is -2.32. The van der Waals surface area contributed by atoms with Crippen LogP contribution in [0.5, 0.6) is 0 Å². The minimum atomic E-state index is -4.60. The Morgan fingerprint density at radius 3 is 2.37 bits per heavy atom. The molecule has 0 aliphatic rings. The molecule has 0 spiro atoms. The molecule has 2 rings (SSSR count). The maximum atomic E-state index is 14.1. The number of amides is 2. The van der Waals surface area contributed by atoms with E-state index < -0.39 is 35.3 Å². The van der Waals surface area contributed by atoms with Crippen molar-refractivity contribution in [2.45, 2.75) is 39.9 Å². The summed E-state index contributed by atoms with van der Waals surface area (Å²) in [6.07, 6.45) is -2.44. The van der Waals surface area contributed by atoms with Crippen molar-refractivity contribution in [3.8, 4) is 0 Å². The summed E-state index contributed by atoms with van der Waals surface area (Å²) in [5.41, 5.74) is -0.963. The second-order valence-corrected chi connectivity index (χ2v) is 8.38. The van der Waals surface area contributed by atoms with Gasteiger partial charge >= 0.3 is 6.18 Å². The Morgan fingerprint density at radius 1 is 1.20 bits per heavy atom. The van der Waals surface area contributed by atoms with Gasteiger partial charge in [-0.25, -0.2) is 9.37 Å². The van der Waals surface area contributed by atoms with Crippen molar-refractivity contribution in [1.82, 2.24) is 10.3 Å². The summed E-state index contributed by atoms with van der Waals surface area (Å²) in [7, 11) is 0. The number of hydrogen-bond acceptors (Lipinski definition) is 4. The SMILES string of the molecule is CC(=O)N(c1nc(/C=C/C(=O)NC(C(C)(C)C)C(F)(F)F)cs1)c1ccccc1F. The molecule has 1 unspecified atom stereocenters. The molecule has 10 heteroatoms. The molecule has 2 amide bonds. The summed E-state index contributed by atoms with van der Waals surface area (Å²) in [5, 5.41) is 3.62. The Labute approximate surface area is 175 Å². The summed E-state index contributed by atoms with van der Waals surface area (Å²) in [6, 6.07) is 3.65. The molecular weight excluding hydrogens is 422 g/mol. The molecular formula is C20H21F4N3O2S. The standard InChI is InChI=1S/C20H21F4N3O2S/c1-12(28)27(15-8-6-5-7-14(15)21)18-25-13(11-30-18)9-10-16(29)26-17(19(2,3)4)20(22,23)24/h5-11,17H,1-4H3,(H,26,29)/b10-9+. The number of nitrogens with one attached hydrogen (secondary N) is 1. The number of benzene rings is 1. The fourth-order valence-corrected chi connectivity index (χ4v) is 3.48. The smallest absolute Gasteiger partial charge is 0.340 e. The Morgan fingerprint density at radius 2 is 1.83 bits per heavy atom. The Kier molecular flexibility index (Phi) is 7.02. The number of alkyl halides is 3. The van der Waals surface area contributed by atoms with Crippen molar-refractivity contribution in [1.29, 1.82) is 0 Å². The number of para-hydroxylation sites is 1. The number of hydrogen-bond donors (Lipinski definition) is 1.